The third-order valence-electron chi connectivity index (χ3n) is 2.59. The average molecular weight is 292 g/mol. The van der Waals surface area contributed by atoms with Crippen LogP contribution < -0.4 is 15.8 Å². The van der Waals surface area contributed by atoms with Crippen LogP contribution in [0.1, 0.15) is 18.9 Å². The van der Waals surface area contributed by atoms with Crippen molar-refractivity contribution < 1.29 is 14.3 Å². The summed E-state index contributed by atoms with van der Waals surface area (Å²) >= 11 is 0. The first-order valence-electron chi connectivity index (χ1n) is 7.23. The number of hydrogen-bond donors (Lipinski definition) is 2. The van der Waals surface area contributed by atoms with E-state index < -0.39 is 0 Å². The number of hydrogen-bond acceptors (Lipinski definition) is 4. The fraction of sp³-hybridized carbons (Fsp3) is 0.438. The van der Waals surface area contributed by atoms with Crippen LogP contribution >= 0.6 is 0 Å². The van der Waals surface area contributed by atoms with Gasteiger partial charge in [-0.05, 0) is 30.2 Å². The van der Waals surface area contributed by atoms with Gasteiger partial charge in [0.2, 0.25) is 5.91 Å². The molecular formula is C16H24N2O3. The van der Waals surface area contributed by atoms with Gasteiger partial charge in [-0.3, -0.25) is 4.79 Å². The normalized spacial score (nSPS) is 10.8. The van der Waals surface area contributed by atoms with Crippen LogP contribution in [0.2, 0.25) is 0 Å². The maximum absolute atomic E-state index is 11.6. The molecule has 0 aromatic heterocycles. The van der Waals surface area contributed by atoms with Crippen molar-refractivity contribution in [2.75, 3.05) is 32.9 Å². The third-order valence-corrected chi connectivity index (χ3v) is 2.59. The molecule has 1 rings (SSSR count). The number of benzene rings is 1. The lowest BCUT2D eigenvalue weighted by Crippen LogP contribution is -2.26. The van der Waals surface area contributed by atoms with Gasteiger partial charge in [-0.1, -0.05) is 19.1 Å². The Kier molecular flexibility index (Phi) is 8.91. The molecule has 3 N–H and O–H groups in total. The highest BCUT2D eigenvalue weighted by molar-refractivity contribution is 5.91. The van der Waals surface area contributed by atoms with E-state index in [2.05, 4.69) is 12.2 Å². The van der Waals surface area contributed by atoms with E-state index in [1.807, 2.05) is 24.3 Å². The van der Waals surface area contributed by atoms with Crippen LogP contribution in [-0.2, 0) is 9.53 Å². The quantitative estimate of drug-likeness (QED) is 0.507. The highest BCUT2D eigenvalue weighted by Gasteiger charge is 1.96. The van der Waals surface area contributed by atoms with Crippen LogP contribution in [0.5, 0.6) is 5.75 Å². The van der Waals surface area contributed by atoms with Crippen molar-refractivity contribution in [2.45, 2.75) is 13.3 Å². The maximum atomic E-state index is 11.6. The summed E-state index contributed by atoms with van der Waals surface area (Å²) in [7, 11) is 0. The highest BCUT2D eigenvalue weighted by atomic mass is 16.5. The summed E-state index contributed by atoms with van der Waals surface area (Å²) in [6.07, 6.45) is 4.25. The minimum atomic E-state index is -0.141. The van der Waals surface area contributed by atoms with Crippen molar-refractivity contribution in [1.82, 2.24) is 5.32 Å². The fourth-order valence-corrected chi connectivity index (χ4v) is 1.56. The molecule has 0 fully saturated rings. The molecule has 21 heavy (non-hydrogen) atoms. The number of nitrogens with two attached hydrogens (primary N) is 1. The summed E-state index contributed by atoms with van der Waals surface area (Å²) in [5, 5.41) is 2.73. The Morgan fingerprint density at radius 2 is 2.00 bits per heavy atom. The van der Waals surface area contributed by atoms with E-state index in [9.17, 15) is 4.79 Å². The van der Waals surface area contributed by atoms with Crippen LogP contribution in [-0.4, -0.2) is 38.8 Å². The van der Waals surface area contributed by atoms with E-state index in [4.69, 9.17) is 15.2 Å². The highest BCUT2D eigenvalue weighted by Crippen LogP contribution is 2.13. The molecule has 116 valence electrons. The zero-order valence-electron chi connectivity index (χ0n) is 12.5. The van der Waals surface area contributed by atoms with Crippen molar-refractivity contribution in [3.8, 4) is 5.75 Å². The standard InChI is InChI=1S/C16H24N2O3/c1-2-11-21-15-6-3-14(4-7-15)5-8-16(19)18-10-13-20-12-9-17/h3-8H,2,9-13,17H2,1H3,(H,18,19)/b8-5+. The zero-order chi connectivity index (χ0) is 15.3. The molecule has 0 radical (unpaired) electrons. The predicted octanol–water partition coefficient (Wildman–Crippen LogP) is 1.58. The fourth-order valence-electron chi connectivity index (χ4n) is 1.56. The predicted molar refractivity (Wildman–Crippen MR) is 84.1 cm³/mol. The Labute approximate surface area is 126 Å². The molecule has 0 aliphatic carbocycles. The molecule has 1 aromatic carbocycles. The molecule has 0 aliphatic heterocycles. The molecule has 0 unspecified atom stereocenters. The minimum Gasteiger partial charge on any atom is -0.494 e. The second-order valence-electron chi connectivity index (χ2n) is 4.44. The van der Waals surface area contributed by atoms with Crippen LogP contribution in [0.25, 0.3) is 6.08 Å². The first-order valence-corrected chi connectivity index (χ1v) is 7.23. The van der Waals surface area contributed by atoms with Gasteiger partial charge in [-0.15, -0.1) is 0 Å². The number of amides is 1. The van der Waals surface area contributed by atoms with Gasteiger partial charge in [0.05, 0.1) is 19.8 Å². The van der Waals surface area contributed by atoms with Crippen LogP contribution in [0.3, 0.4) is 0 Å². The van der Waals surface area contributed by atoms with Gasteiger partial charge < -0.3 is 20.5 Å². The molecule has 5 heteroatoms. The first kappa shape index (κ1) is 17.2. The summed E-state index contributed by atoms with van der Waals surface area (Å²) < 4.78 is 10.7. The molecule has 0 saturated heterocycles. The molecule has 0 atom stereocenters. The number of carbonyl (C=O) groups excluding carboxylic acids is 1. The topological polar surface area (TPSA) is 73.6 Å². The van der Waals surface area contributed by atoms with Crippen LogP contribution in [0, 0.1) is 0 Å². The molecule has 1 amide bonds. The van der Waals surface area contributed by atoms with E-state index >= 15 is 0 Å². The molecule has 0 spiro atoms. The molecule has 5 nitrogen and oxygen atoms in total. The number of rotatable bonds is 10. The van der Waals surface area contributed by atoms with E-state index in [1.54, 1.807) is 6.08 Å². The van der Waals surface area contributed by atoms with Crippen LogP contribution in [0.4, 0.5) is 0 Å². The summed E-state index contributed by atoms with van der Waals surface area (Å²) in [5.74, 6) is 0.702. The Morgan fingerprint density at radius 1 is 1.24 bits per heavy atom. The van der Waals surface area contributed by atoms with Gasteiger partial charge in [0.15, 0.2) is 0 Å². The number of nitrogens with one attached hydrogen (secondary N) is 1. The van der Waals surface area contributed by atoms with Gasteiger partial charge in [0.1, 0.15) is 5.75 Å². The van der Waals surface area contributed by atoms with Crippen LogP contribution in [0.15, 0.2) is 30.3 Å². The summed E-state index contributed by atoms with van der Waals surface area (Å²) in [6.45, 7) is 4.73. The molecule has 1 aromatic rings. The van der Waals surface area contributed by atoms with Crippen molar-refractivity contribution in [3.63, 3.8) is 0 Å². The number of ether oxygens (including phenoxy) is 2. The van der Waals surface area contributed by atoms with Gasteiger partial charge >= 0.3 is 0 Å². The SMILES string of the molecule is CCCOc1ccc(/C=C/C(=O)NCCOCCN)cc1. The number of carbonyl (C=O) groups is 1. The second-order valence-corrected chi connectivity index (χ2v) is 4.44. The van der Waals surface area contributed by atoms with Gasteiger partial charge in [0.25, 0.3) is 0 Å². The van der Waals surface area contributed by atoms with Crippen molar-refractivity contribution >= 4 is 12.0 Å². The van der Waals surface area contributed by atoms with E-state index in [-0.39, 0.29) is 5.91 Å². The zero-order valence-corrected chi connectivity index (χ0v) is 12.5. The summed E-state index contributed by atoms with van der Waals surface area (Å²) in [5.41, 5.74) is 6.24. The second kappa shape index (κ2) is 10.9. The van der Waals surface area contributed by atoms with Crippen molar-refractivity contribution in [3.05, 3.63) is 35.9 Å². The van der Waals surface area contributed by atoms with Gasteiger partial charge in [0, 0.05) is 19.2 Å². The Balaban J connectivity index is 2.29. The first-order chi connectivity index (χ1) is 10.3. The maximum Gasteiger partial charge on any atom is 0.244 e. The molecule has 0 saturated carbocycles. The largest absolute Gasteiger partial charge is 0.494 e. The molecule has 0 heterocycles. The molecular weight excluding hydrogens is 268 g/mol. The minimum absolute atomic E-state index is 0.141. The average Bonchev–Trinajstić information content (AvgIpc) is 2.51. The Hall–Kier alpha value is -1.85. The van der Waals surface area contributed by atoms with E-state index in [0.29, 0.717) is 32.9 Å². The lowest BCUT2D eigenvalue weighted by molar-refractivity contribution is -0.116. The molecule has 0 aliphatic rings. The van der Waals surface area contributed by atoms with Gasteiger partial charge in [-0.25, -0.2) is 0 Å². The lowest BCUT2D eigenvalue weighted by Gasteiger charge is -2.04. The smallest absolute Gasteiger partial charge is 0.244 e. The van der Waals surface area contributed by atoms with E-state index in [1.165, 1.54) is 6.08 Å². The van der Waals surface area contributed by atoms with E-state index in [0.717, 1.165) is 17.7 Å². The molecule has 0 bridgehead atoms. The monoisotopic (exact) mass is 292 g/mol. The van der Waals surface area contributed by atoms with Gasteiger partial charge in [-0.2, -0.15) is 0 Å². The summed E-state index contributed by atoms with van der Waals surface area (Å²) in [6, 6.07) is 7.63. The lowest BCUT2D eigenvalue weighted by atomic mass is 10.2. The Bertz CT molecular complexity index is 430. The van der Waals surface area contributed by atoms with Crippen molar-refractivity contribution in [1.29, 1.82) is 0 Å². The summed E-state index contributed by atoms with van der Waals surface area (Å²) in [4.78, 5) is 11.6. The Morgan fingerprint density at radius 3 is 2.67 bits per heavy atom. The third kappa shape index (κ3) is 8.12. The van der Waals surface area contributed by atoms with Crippen molar-refractivity contribution in [2.24, 2.45) is 5.73 Å².